The van der Waals surface area contributed by atoms with Gasteiger partial charge in [-0.15, -0.1) is 0 Å². The molecule has 414 valence electrons. The third kappa shape index (κ3) is 10.2. The van der Waals surface area contributed by atoms with Crippen LogP contribution in [0, 0.1) is 0 Å². The fourth-order valence-electron chi connectivity index (χ4n) is 12.0. The summed E-state index contributed by atoms with van der Waals surface area (Å²) in [6, 6.07) is 24.4. The summed E-state index contributed by atoms with van der Waals surface area (Å²) in [5, 5.41) is 0. The molecule has 6 aromatic rings. The predicted octanol–water partition coefficient (Wildman–Crippen LogP) is 14.1. The van der Waals surface area contributed by atoms with E-state index in [0.717, 1.165) is 109 Å². The van der Waals surface area contributed by atoms with Gasteiger partial charge in [-0.05, 0) is 69.8 Å². The number of benzene rings is 6. The Labute approximate surface area is 433 Å². The molecule has 5 fully saturated rings. The van der Waals surface area contributed by atoms with Crippen LogP contribution in [-0.4, -0.2) is 66.4 Å². The van der Waals surface area contributed by atoms with E-state index in [9.17, 15) is 0 Å². The van der Waals surface area contributed by atoms with E-state index in [2.05, 4.69) is 0 Å². The van der Waals surface area contributed by atoms with Crippen molar-refractivity contribution in [3.8, 4) is 0 Å². The van der Waals surface area contributed by atoms with Crippen LogP contribution in [0.5, 0.6) is 0 Å². The Bertz CT molecular complexity index is 2790. The smallest absolute Gasteiger partial charge is 0.262 e. The Morgan fingerprint density at radius 2 is 0.321 bits per heavy atom. The van der Waals surface area contributed by atoms with Gasteiger partial charge in [-0.3, -0.25) is 29.4 Å². The molecule has 0 aliphatic carbocycles. The SMILES string of the molecule is FC(F)(F)c1ccccc1CN1C2C3N(Cc4ccccc4C(F)(F)F)C1C1N(Cc4ccccc4C(F)(F)F)C(C(N1Cc1ccccc1C(F)(F)F)N3Cc1ccccc1C(F)(F)F)N2Cc1ccccc1C(F)(F)F. The molecule has 6 nitrogen and oxygen atoms in total. The number of nitrogens with zero attached hydrogens (tertiary/aromatic N) is 6. The van der Waals surface area contributed by atoms with E-state index >= 15 is 79.0 Å². The topological polar surface area (TPSA) is 19.4 Å². The monoisotopic (exact) mass is 1120 g/mol. The Kier molecular flexibility index (Phi) is 14.0. The van der Waals surface area contributed by atoms with Gasteiger partial charge in [0.15, 0.2) is 0 Å². The number of halogens is 18. The average Bonchev–Trinajstić information content (AvgIpc) is 2.78. The van der Waals surface area contributed by atoms with Crippen molar-refractivity contribution in [1.82, 2.24) is 29.4 Å². The minimum atomic E-state index is -5.10. The van der Waals surface area contributed by atoms with E-state index in [1.165, 1.54) is 65.8 Å². The first-order valence-electron chi connectivity index (χ1n) is 24.0. The van der Waals surface area contributed by atoms with Gasteiger partial charge in [-0.1, -0.05) is 109 Å². The molecular formula is C54H42F18N6. The van der Waals surface area contributed by atoms with Gasteiger partial charge in [0.2, 0.25) is 0 Å². The summed E-state index contributed by atoms with van der Waals surface area (Å²) < 4.78 is 272. The van der Waals surface area contributed by atoms with Crippen molar-refractivity contribution in [2.75, 3.05) is 0 Å². The number of rotatable bonds is 12. The second kappa shape index (κ2) is 19.9. The molecular weight excluding hydrogens is 1070 g/mol. The lowest BCUT2D eigenvalue weighted by Crippen LogP contribution is -2.73. The standard InChI is InChI=1S/C54H42F18N6/c55-49(56,57)37-19-7-1-13-31(37)25-73-43-44-74(26-32-14-2-8-20-38(32)50(58,59)60)47(73)48-75(27-33-15-3-9-21-39(33)51(61,62)63)45(77(43)29-35-17-5-11-23-41(35)53(67,68)69)46(76(48)28-34-16-4-10-22-40(34)52(64,65)66)78(44)30-36-18-6-12-24-42(36)54(70,71)72/h1-24,43-48H,25-30H2. The van der Waals surface area contributed by atoms with E-state index in [1.807, 2.05) is 0 Å². The molecule has 5 aliphatic heterocycles. The summed E-state index contributed by atoms with van der Waals surface area (Å²) in [5.41, 5.74) is -10.4. The van der Waals surface area contributed by atoms with Gasteiger partial charge >= 0.3 is 37.1 Å². The lowest BCUT2D eigenvalue weighted by Gasteiger charge is -2.56. The molecule has 11 rings (SSSR count). The summed E-state index contributed by atoms with van der Waals surface area (Å²) in [6.07, 6.45) is -40.7. The molecule has 24 heteroatoms. The normalized spacial score (nSPS) is 23.0. The largest absolute Gasteiger partial charge is 0.416 e. The third-order valence-corrected chi connectivity index (χ3v) is 14.9. The highest BCUT2D eigenvalue weighted by atomic mass is 19.4. The molecule has 0 N–H and O–H groups in total. The van der Waals surface area contributed by atoms with E-state index in [0.29, 0.717) is 0 Å². The summed E-state index contributed by atoms with van der Waals surface area (Å²) in [5.74, 6) is 0. The Hall–Kier alpha value is -6.18. The van der Waals surface area contributed by atoms with Crippen molar-refractivity contribution in [1.29, 1.82) is 0 Å². The minimum Gasteiger partial charge on any atom is -0.262 e. The maximum atomic E-state index is 15.1. The van der Waals surface area contributed by atoms with Gasteiger partial charge in [0.1, 0.15) is 0 Å². The van der Waals surface area contributed by atoms with Crippen molar-refractivity contribution in [2.45, 2.75) is 113 Å². The zero-order valence-corrected chi connectivity index (χ0v) is 40.0. The molecule has 0 spiro atoms. The fourth-order valence-corrected chi connectivity index (χ4v) is 12.0. The Morgan fingerprint density at radius 1 is 0.205 bits per heavy atom. The molecule has 5 saturated heterocycles. The third-order valence-electron chi connectivity index (χ3n) is 14.9. The molecule has 5 heterocycles. The van der Waals surface area contributed by atoms with Crippen molar-refractivity contribution >= 4 is 0 Å². The lowest BCUT2D eigenvalue weighted by atomic mass is 9.99. The number of alkyl halides is 18. The van der Waals surface area contributed by atoms with Crippen molar-refractivity contribution in [3.63, 3.8) is 0 Å². The van der Waals surface area contributed by atoms with Crippen LogP contribution >= 0.6 is 0 Å². The maximum absolute atomic E-state index is 15.1. The van der Waals surface area contributed by atoms with E-state index in [-0.39, 0.29) is 0 Å². The highest BCUT2D eigenvalue weighted by Crippen LogP contribution is 2.56. The molecule has 5 aliphatic rings. The van der Waals surface area contributed by atoms with Crippen molar-refractivity contribution < 1.29 is 79.0 Å². The maximum Gasteiger partial charge on any atom is 0.416 e. The van der Waals surface area contributed by atoms with Gasteiger partial charge in [0.05, 0.1) is 70.4 Å². The lowest BCUT2D eigenvalue weighted by molar-refractivity contribution is -0.170. The average molecular weight is 1120 g/mol. The number of hydrogen-bond acceptors (Lipinski definition) is 6. The summed E-state index contributed by atoms with van der Waals surface area (Å²) in [6.45, 7) is -5.18. The van der Waals surface area contributed by atoms with Crippen LogP contribution in [0.2, 0.25) is 0 Å². The zero-order valence-electron chi connectivity index (χ0n) is 40.0. The fraction of sp³-hybridized carbons (Fsp3) is 0.333. The quantitative estimate of drug-likeness (QED) is 0.113. The predicted molar refractivity (Wildman–Crippen MR) is 245 cm³/mol. The minimum absolute atomic E-state index is 0.499. The van der Waals surface area contributed by atoms with Crippen LogP contribution in [-0.2, 0) is 76.3 Å². The first-order valence-corrected chi connectivity index (χ1v) is 24.0. The van der Waals surface area contributed by atoms with Gasteiger partial charge in [-0.2, -0.15) is 79.0 Å². The number of piperazine rings is 1. The highest BCUT2D eigenvalue weighted by Gasteiger charge is 2.72. The molecule has 0 aromatic heterocycles. The molecule has 78 heavy (non-hydrogen) atoms. The molecule has 0 amide bonds. The summed E-state index contributed by atoms with van der Waals surface area (Å²) in [7, 11) is 0. The molecule has 0 radical (unpaired) electrons. The first-order chi connectivity index (χ1) is 36.5. The van der Waals surface area contributed by atoms with Gasteiger partial charge in [0.25, 0.3) is 0 Å². The van der Waals surface area contributed by atoms with Crippen molar-refractivity contribution in [2.24, 2.45) is 0 Å². The van der Waals surface area contributed by atoms with Crippen molar-refractivity contribution in [3.05, 3.63) is 212 Å². The molecule has 0 atom stereocenters. The van der Waals surface area contributed by atoms with E-state index in [4.69, 9.17) is 0 Å². The van der Waals surface area contributed by atoms with Gasteiger partial charge in [0, 0.05) is 39.3 Å². The molecule has 0 saturated carbocycles. The second-order valence-electron chi connectivity index (χ2n) is 19.4. The van der Waals surface area contributed by atoms with E-state index < -0.39 is 180 Å². The van der Waals surface area contributed by atoms with Gasteiger partial charge in [-0.25, -0.2) is 0 Å². The van der Waals surface area contributed by atoms with Crippen LogP contribution in [0.4, 0.5) is 79.0 Å². The van der Waals surface area contributed by atoms with Crippen LogP contribution < -0.4 is 0 Å². The molecule has 6 aromatic carbocycles. The Balaban J connectivity index is 1.32. The van der Waals surface area contributed by atoms with Gasteiger partial charge < -0.3 is 0 Å². The van der Waals surface area contributed by atoms with Crippen LogP contribution in [0.3, 0.4) is 0 Å². The molecule has 6 bridgehead atoms. The van der Waals surface area contributed by atoms with Crippen LogP contribution in [0.1, 0.15) is 66.8 Å². The van der Waals surface area contributed by atoms with Crippen LogP contribution in [0.25, 0.3) is 0 Å². The highest BCUT2D eigenvalue weighted by molar-refractivity contribution is 5.38. The first kappa shape index (κ1) is 55.1. The zero-order chi connectivity index (χ0) is 56.1. The molecule has 0 unspecified atom stereocenters. The van der Waals surface area contributed by atoms with Crippen LogP contribution in [0.15, 0.2) is 146 Å². The number of hydrogen-bond donors (Lipinski definition) is 0. The summed E-state index contributed by atoms with van der Waals surface area (Å²) >= 11 is 0. The Morgan fingerprint density at radius 3 is 0.436 bits per heavy atom. The summed E-state index contributed by atoms with van der Waals surface area (Å²) in [4.78, 5) is 7.92. The second-order valence-corrected chi connectivity index (χ2v) is 19.4. The van der Waals surface area contributed by atoms with E-state index in [1.54, 1.807) is 0 Å².